The summed E-state index contributed by atoms with van der Waals surface area (Å²) in [6.45, 7) is 4.39. The zero-order valence-corrected chi connectivity index (χ0v) is 11.8. The summed E-state index contributed by atoms with van der Waals surface area (Å²) in [6, 6.07) is 2.02. The molecular weight excluding hydrogens is 242 g/mol. The average molecular weight is 263 g/mol. The Morgan fingerprint density at radius 1 is 1.37 bits per heavy atom. The van der Waals surface area contributed by atoms with Crippen molar-refractivity contribution < 1.29 is 4.74 Å². The van der Waals surface area contributed by atoms with Crippen LogP contribution < -0.4 is 5.32 Å². The second-order valence-corrected chi connectivity index (χ2v) is 4.41. The second-order valence-electron chi connectivity index (χ2n) is 4.41. The summed E-state index contributed by atoms with van der Waals surface area (Å²) < 4.78 is 8.70. The van der Waals surface area contributed by atoms with Gasteiger partial charge in [0.1, 0.15) is 5.69 Å². The summed E-state index contributed by atoms with van der Waals surface area (Å²) in [4.78, 5) is 0. The van der Waals surface area contributed by atoms with Gasteiger partial charge in [-0.05, 0) is 12.5 Å². The number of ether oxygens (including phenoxy) is 1. The Morgan fingerprint density at radius 3 is 2.95 bits per heavy atom. The Bertz CT molecular complexity index is 517. The molecular formula is C13H21N5O. The van der Waals surface area contributed by atoms with Crippen LogP contribution in [0.5, 0.6) is 0 Å². The molecule has 19 heavy (non-hydrogen) atoms. The fourth-order valence-electron chi connectivity index (χ4n) is 1.95. The third-order valence-electron chi connectivity index (χ3n) is 2.90. The molecule has 0 unspecified atom stereocenters. The molecule has 104 valence electrons. The summed E-state index contributed by atoms with van der Waals surface area (Å²) in [6.07, 6.45) is 4.87. The topological polar surface area (TPSA) is 56.9 Å². The van der Waals surface area contributed by atoms with E-state index in [0.717, 1.165) is 36.6 Å². The second kappa shape index (κ2) is 6.49. The van der Waals surface area contributed by atoms with E-state index in [-0.39, 0.29) is 0 Å². The molecule has 0 radical (unpaired) electrons. The van der Waals surface area contributed by atoms with Gasteiger partial charge >= 0.3 is 0 Å². The van der Waals surface area contributed by atoms with Crippen LogP contribution >= 0.6 is 0 Å². The molecule has 0 spiro atoms. The van der Waals surface area contributed by atoms with Gasteiger partial charge in [-0.25, -0.2) is 4.68 Å². The Balaban J connectivity index is 2.03. The van der Waals surface area contributed by atoms with E-state index in [2.05, 4.69) is 22.4 Å². The normalized spacial score (nSPS) is 11.1. The van der Waals surface area contributed by atoms with Crippen molar-refractivity contribution in [1.29, 1.82) is 0 Å². The third kappa shape index (κ3) is 3.42. The predicted molar refractivity (Wildman–Crippen MR) is 73.3 cm³/mol. The number of aromatic nitrogens is 4. The highest BCUT2D eigenvalue weighted by molar-refractivity contribution is 5.33. The van der Waals surface area contributed by atoms with Gasteiger partial charge in [-0.3, -0.25) is 4.68 Å². The van der Waals surface area contributed by atoms with Crippen molar-refractivity contribution in [3.05, 3.63) is 29.8 Å². The molecule has 2 heterocycles. The highest BCUT2D eigenvalue weighted by Crippen LogP contribution is 2.13. The van der Waals surface area contributed by atoms with Crippen LogP contribution in [0, 0.1) is 0 Å². The molecule has 0 aromatic carbocycles. The minimum Gasteiger partial charge on any atom is -0.383 e. The first-order valence-corrected chi connectivity index (χ1v) is 6.51. The lowest BCUT2D eigenvalue weighted by Gasteiger charge is -2.01. The first-order chi connectivity index (χ1) is 9.24. The number of methoxy groups -OCH3 is 1. The van der Waals surface area contributed by atoms with Crippen molar-refractivity contribution in [3.63, 3.8) is 0 Å². The van der Waals surface area contributed by atoms with Crippen molar-refractivity contribution >= 4 is 0 Å². The summed E-state index contributed by atoms with van der Waals surface area (Å²) in [5.74, 6) is 0. The third-order valence-corrected chi connectivity index (χ3v) is 2.90. The van der Waals surface area contributed by atoms with E-state index in [9.17, 15) is 0 Å². The van der Waals surface area contributed by atoms with Crippen LogP contribution in [0.2, 0.25) is 0 Å². The maximum Gasteiger partial charge on any atom is 0.106 e. The Kier molecular flexibility index (Phi) is 4.70. The first-order valence-electron chi connectivity index (χ1n) is 6.51. The van der Waals surface area contributed by atoms with Crippen molar-refractivity contribution in [2.45, 2.75) is 19.9 Å². The van der Waals surface area contributed by atoms with Gasteiger partial charge in [0, 0.05) is 33.4 Å². The predicted octanol–water partition coefficient (Wildman–Crippen LogP) is 0.904. The molecule has 1 N–H and O–H groups in total. The average Bonchev–Trinajstić information content (AvgIpc) is 3.00. The lowest BCUT2D eigenvalue weighted by atomic mass is 10.3. The molecule has 6 heteroatoms. The standard InChI is InChI=1S/C13H21N5O/c1-4-12-13(10-17(2)16-12)18-7-5-11(15-18)9-14-6-8-19-3/h5,7,10,14H,4,6,8-9H2,1-3H3. The maximum absolute atomic E-state index is 4.99. The van der Waals surface area contributed by atoms with Crippen molar-refractivity contribution in [1.82, 2.24) is 24.9 Å². The van der Waals surface area contributed by atoms with E-state index < -0.39 is 0 Å². The van der Waals surface area contributed by atoms with Crippen LogP contribution in [0.15, 0.2) is 18.5 Å². The Morgan fingerprint density at radius 2 is 2.21 bits per heavy atom. The van der Waals surface area contributed by atoms with Gasteiger partial charge in [-0.2, -0.15) is 10.2 Å². The van der Waals surface area contributed by atoms with Crippen LogP contribution in [0.3, 0.4) is 0 Å². The number of hydrogen-bond donors (Lipinski definition) is 1. The van der Waals surface area contributed by atoms with Gasteiger partial charge in [0.2, 0.25) is 0 Å². The lowest BCUT2D eigenvalue weighted by molar-refractivity contribution is 0.199. The van der Waals surface area contributed by atoms with Gasteiger partial charge in [0.05, 0.1) is 24.2 Å². The molecule has 0 aliphatic rings. The molecule has 2 rings (SSSR count). The summed E-state index contributed by atoms with van der Waals surface area (Å²) in [5, 5.41) is 12.3. The molecule has 0 amide bonds. The number of aryl methyl sites for hydroxylation is 2. The summed E-state index contributed by atoms with van der Waals surface area (Å²) in [7, 11) is 3.63. The SMILES string of the molecule is CCc1nn(C)cc1-n1ccc(CNCCOC)n1. The van der Waals surface area contributed by atoms with Gasteiger partial charge in [-0.15, -0.1) is 0 Å². The minimum absolute atomic E-state index is 0.712. The number of nitrogens with zero attached hydrogens (tertiary/aromatic N) is 4. The highest BCUT2D eigenvalue weighted by atomic mass is 16.5. The lowest BCUT2D eigenvalue weighted by Crippen LogP contribution is -2.18. The fraction of sp³-hybridized carbons (Fsp3) is 0.538. The molecule has 0 saturated heterocycles. The summed E-state index contributed by atoms with van der Waals surface area (Å²) in [5.41, 5.74) is 3.12. The minimum atomic E-state index is 0.712. The number of hydrogen-bond acceptors (Lipinski definition) is 4. The summed E-state index contributed by atoms with van der Waals surface area (Å²) >= 11 is 0. The number of nitrogens with one attached hydrogen (secondary N) is 1. The van der Waals surface area contributed by atoms with E-state index in [1.807, 2.05) is 34.9 Å². The highest BCUT2D eigenvalue weighted by Gasteiger charge is 2.09. The van der Waals surface area contributed by atoms with Crippen molar-refractivity contribution in [2.24, 2.45) is 7.05 Å². The van der Waals surface area contributed by atoms with E-state index in [1.165, 1.54) is 0 Å². The molecule has 0 bridgehead atoms. The molecule has 0 atom stereocenters. The van der Waals surface area contributed by atoms with E-state index in [4.69, 9.17) is 4.74 Å². The smallest absolute Gasteiger partial charge is 0.106 e. The molecule has 0 saturated carbocycles. The van der Waals surface area contributed by atoms with Crippen molar-refractivity contribution in [3.8, 4) is 5.69 Å². The zero-order chi connectivity index (χ0) is 13.7. The molecule has 2 aromatic rings. The first kappa shape index (κ1) is 13.8. The van der Waals surface area contributed by atoms with Gasteiger partial charge in [-0.1, -0.05) is 6.92 Å². The van der Waals surface area contributed by atoms with E-state index in [1.54, 1.807) is 7.11 Å². The monoisotopic (exact) mass is 263 g/mol. The quantitative estimate of drug-likeness (QED) is 0.754. The molecule has 0 fully saturated rings. The fourth-order valence-corrected chi connectivity index (χ4v) is 1.95. The van der Waals surface area contributed by atoms with E-state index in [0.29, 0.717) is 6.61 Å². The Labute approximate surface area is 113 Å². The number of rotatable bonds is 7. The van der Waals surface area contributed by atoms with Gasteiger partial charge < -0.3 is 10.1 Å². The largest absolute Gasteiger partial charge is 0.383 e. The van der Waals surface area contributed by atoms with Crippen LogP contribution in [0.1, 0.15) is 18.3 Å². The van der Waals surface area contributed by atoms with Crippen molar-refractivity contribution in [2.75, 3.05) is 20.3 Å². The van der Waals surface area contributed by atoms with Crippen LogP contribution in [0.25, 0.3) is 5.69 Å². The molecule has 2 aromatic heterocycles. The van der Waals surface area contributed by atoms with Crippen LogP contribution in [-0.4, -0.2) is 39.8 Å². The van der Waals surface area contributed by atoms with E-state index >= 15 is 0 Å². The molecule has 6 nitrogen and oxygen atoms in total. The maximum atomic E-state index is 4.99. The van der Waals surface area contributed by atoms with Gasteiger partial charge in [0.25, 0.3) is 0 Å². The molecule has 0 aliphatic heterocycles. The van der Waals surface area contributed by atoms with Crippen LogP contribution in [0.4, 0.5) is 0 Å². The Hall–Kier alpha value is -1.66. The zero-order valence-electron chi connectivity index (χ0n) is 11.8. The molecule has 0 aliphatic carbocycles. The van der Waals surface area contributed by atoms with Gasteiger partial charge in [0.15, 0.2) is 0 Å². The van der Waals surface area contributed by atoms with Crippen LogP contribution in [-0.2, 0) is 24.8 Å².